The van der Waals surface area contributed by atoms with Gasteiger partial charge in [-0.25, -0.2) is 4.79 Å². The first kappa shape index (κ1) is 14.6. The smallest absolute Gasteiger partial charge is 0.328 e. The highest BCUT2D eigenvalue weighted by Crippen LogP contribution is 1.94. The Kier molecular flexibility index (Phi) is 7.20. The van der Waals surface area contributed by atoms with Crippen LogP contribution in [-0.4, -0.2) is 47.6 Å². The van der Waals surface area contributed by atoms with Crippen LogP contribution in [0, 0.1) is 0 Å². The molecule has 5 heteroatoms. The van der Waals surface area contributed by atoms with E-state index >= 15 is 0 Å². The van der Waals surface area contributed by atoms with E-state index in [0.29, 0.717) is 19.6 Å². The SMILES string of the molecule is CCN(CC)C(=O)C(C)NC/C=C/C(=O)O. The number of amides is 1. The number of nitrogens with one attached hydrogen (secondary N) is 1. The first-order valence-electron chi connectivity index (χ1n) is 5.44. The largest absolute Gasteiger partial charge is 0.478 e. The molecule has 0 heterocycles. The molecule has 0 saturated heterocycles. The summed E-state index contributed by atoms with van der Waals surface area (Å²) in [7, 11) is 0. The molecule has 0 saturated carbocycles. The van der Waals surface area contributed by atoms with E-state index in [1.165, 1.54) is 6.08 Å². The van der Waals surface area contributed by atoms with E-state index in [9.17, 15) is 9.59 Å². The quantitative estimate of drug-likeness (QED) is 0.622. The van der Waals surface area contributed by atoms with Crippen LogP contribution in [0.15, 0.2) is 12.2 Å². The molecule has 0 aliphatic rings. The van der Waals surface area contributed by atoms with Gasteiger partial charge in [0.1, 0.15) is 0 Å². The van der Waals surface area contributed by atoms with E-state index in [-0.39, 0.29) is 11.9 Å². The van der Waals surface area contributed by atoms with Gasteiger partial charge in [0.05, 0.1) is 6.04 Å². The van der Waals surface area contributed by atoms with E-state index in [1.807, 2.05) is 13.8 Å². The molecule has 1 unspecified atom stereocenters. The molecule has 5 nitrogen and oxygen atoms in total. The molecule has 0 rings (SSSR count). The van der Waals surface area contributed by atoms with Gasteiger partial charge in [0.2, 0.25) is 5.91 Å². The summed E-state index contributed by atoms with van der Waals surface area (Å²) in [6, 6.07) is -0.293. The maximum atomic E-state index is 11.8. The Balaban J connectivity index is 4.01. The Hall–Kier alpha value is -1.36. The second-order valence-electron chi connectivity index (χ2n) is 3.38. The lowest BCUT2D eigenvalue weighted by Crippen LogP contribution is -2.44. The predicted octanol–water partition coefficient (Wildman–Crippen LogP) is 0.474. The molecule has 2 N–H and O–H groups in total. The summed E-state index contributed by atoms with van der Waals surface area (Å²) < 4.78 is 0. The fourth-order valence-electron chi connectivity index (χ4n) is 1.30. The number of nitrogens with zero attached hydrogens (tertiary/aromatic N) is 1. The predicted molar refractivity (Wildman–Crippen MR) is 62.2 cm³/mol. The Bertz CT molecular complexity index is 260. The number of carbonyl (C=O) groups is 2. The molecule has 92 valence electrons. The number of carboxylic acids is 1. The van der Waals surface area contributed by atoms with Gasteiger partial charge in [0, 0.05) is 25.7 Å². The van der Waals surface area contributed by atoms with Crippen molar-refractivity contribution < 1.29 is 14.7 Å². The molecule has 1 atom stereocenters. The van der Waals surface area contributed by atoms with Crippen LogP contribution < -0.4 is 5.32 Å². The fourth-order valence-corrected chi connectivity index (χ4v) is 1.30. The highest BCUT2D eigenvalue weighted by atomic mass is 16.4. The number of hydrogen-bond acceptors (Lipinski definition) is 3. The van der Waals surface area contributed by atoms with Crippen molar-refractivity contribution in [3.63, 3.8) is 0 Å². The molecule has 0 aromatic heterocycles. The van der Waals surface area contributed by atoms with Crippen LogP contribution in [0.4, 0.5) is 0 Å². The number of carbonyl (C=O) groups excluding carboxylic acids is 1. The van der Waals surface area contributed by atoms with Crippen LogP contribution in [0.1, 0.15) is 20.8 Å². The average molecular weight is 228 g/mol. The van der Waals surface area contributed by atoms with Crippen molar-refractivity contribution in [2.45, 2.75) is 26.8 Å². The van der Waals surface area contributed by atoms with E-state index in [1.54, 1.807) is 11.8 Å². The number of rotatable bonds is 7. The highest BCUT2D eigenvalue weighted by Gasteiger charge is 2.16. The summed E-state index contributed by atoms with van der Waals surface area (Å²) >= 11 is 0. The van der Waals surface area contributed by atoms with E-state index < -0.39 is 5.97 Å². The number of hydrogen-bond donors (Lipinski definition) is 2. The molecule has 0 spiro atoms. The number of carboxylic acid groups (broad SMARTS) is 1. The zero-order chi connectivity index (χ0) is 12.6. The lowest BCUT2D eigenvalue weighted by atomic mass is 10.2. The molecule has 1 amide bonds. The first-order valence-corrected chi connectivity index (χ1v) is 5.44. The van der Waals surface area contributed by atoms with Crippen LogP contribution in [-0.2, 0) is 9.59 Å². The maximum absolute atomic E-state index is 11.8. The van der Waals surface area contributed by atoms with Gasteiger partial charge in [0.25, 0.3) is 0 Å². The minimum Gasteiger partial charge on any atom is -0.478 e. The Morgan fingerprint density at radius 3 is 2.38 bits per heavy atom. The Labute approximate surface area is 96.1 Å². The van der Waals surface area contributed by atoms with Crippen molar-refractivity contribution in [1.82, 2.24) is 10.2 Å². The van der Waals surface area contributed by atoms with Crippen LogP contribution in [0.25, 0.3) is 0 Å². The first-order chi connectivity index (χ1) is 7.52. The lowest BCUT2D eigenvalue weighted by molar-refractivity contribution is -0.132. The van der Waals surface area contributed by atoms with Crippen molar-refractivity contribution in [3.05, 3.63) is 12.2 Å². The van der Waals surface area contributed by atoms with Crippen LogP contribution in [0.2, 0.25) is 0 Å². The summed E-state index contributed by atoms with van der Waals surface area (Å²) in [6.45, 7) is 7.38. The topological polar surface area (TPSA) is 69.6 Å². The van der Waals surface area contributed by atoms with Crippen molar-refractivity contribution in [3.8, 4) is 0 Å². The van der Waals surface area contributed by atoms with E-state index in [4.69, 9.17) is 5.11 Å². The second-order valence-corrected chi connectivity index (χ2v) is 3.38. The number of aliphatic carboxylic acids is 1. The zero-order valence-electron chi connectivity index (χ0n) is 10.1. The third-order valence-corrected chi connectivity index (χ3v) is 2.25. The molecule has 0 bridgehead atoms. The molecule has 0 fully saturated rings. The maximum Gasteiger partial charge on any atom is 0.328 e. The minimum atomic E-state index is -0.982. The average Bonchev–Trinajstić information content (AvgIpc) is 2.25. The van der Waals surface area contributed by atoms with Gasteiger partial charge < -0.3 is 15.3 Å². The summed E-state index contributed by atoms with van der Waals surface area (Å²) in [4.78, 5) is 23.7. The van der Waals surface area contributed by atoms with E-state index in [0.717, 1.165) is 6.08 Å². The third-order valence-electron chi connectivity index (χ3n) is 2.25. The van der Waals surface area contributed by atoms with Crippen molar-refractivity contribution in [1.29, 1.82) is 0 Å². The second kappa shape index (κ2) is 7.87. The molecule has 0 aromatic rings. The normalized spacial score (nSPS) is 12.7. The molecule has 16 heavy (non-hydrogen) atoms. The van der Waals surface area contributed by atoms with Crippen LogP contribution in [0.5, 0.6) is 0 Å². The summed E-state index contributed by atoms with van der Waals surface area (Å²) in [5.41, 5.74) is 0. The third kappa shape index (κ3) is 5.50. The summed E-state index contributed by atoms with van der Waals surface area (Å²) in [5, 5.41) is 11.3. The van der Waals surface area contributed by atoms with Crippen molar-refractivity contribution in [2.75, 3.05) is 19.6 Å². The van der Waals surface area contributed by atoms with Gasteiger partial charge in [-0.05, 0) is 20.8 Å². The minimum absolute atomic E-state index is 0.0359. The van der Waals surface area contributed by atoms with Crippen molar-refractivity contribution in [2.24, 2.45) is 0 Å². The molecule has 0 radical (unpaired) electrons. The van der Waals surface area contributed by atoms with Gasteiger partial charge in [-0.3, -0.25) is 4.79 Å². The molecule has 0 aromatic carbocycles. The highest BCUT2D eigenvalue weighted by molar-refractivity contribution is 5.81. The van der Waals surface area contributed by atoms with Gasteiger partial charge in [-0.1, -0.05) is 6.08 Å². The molecular formula is C11H20N2O3. The Morgan fingerprint density at radius 2 is 1.94 bits per heavy atom. The van der Waals surface area contributed by atoms with Gasteiger partial charge >= 0.3 is 5.97 Å². The molecule has 0 aliphatic carbocycles. The lowest BCUT2D eigenvalue weighted by Gasteiger charge is -2.23. The van der Waals surface area contributed by atoms with Gasteiger partial charge in [0.15, 0.2) is 0 Å². The monoisotopic (exact) mass is 228 g/mol. The van der Waals surface area contributed by atoms with Gasteiger partial charge in [-0.2, -0.15) is 0 Å². The summed E-state index contributed by atoms with van der Waals surface area (Å²) in [6.07, 6.45) is 2.54. The fraction of sp³-hybridized carbons (Fsp3) is 0.636. The molecular weight excluding hydrogens is 208 g/mol. The molecule has 0 aliphatic heterocycles. The Morgan fingerprint density at radius 1 is 1.38 bits per heavy atom. The number of likely N-dealkylation sites (N-methyl/N-ethyl adjacent to an activating group) is 1. The summed E-state index contributed by atoms with van der Waals surface area (Å²) in [5.74, 6) is -0.946. The standard InChI is InChI=1S/C11H20N2O3/c1-4-13(5-2)11(16)9(3)12-8-6-7-10(14)15/h6-7,9,12H,4-5,8H2,1-3H3,(H,14,15)/b7-6+. The van der Waals surface area contributed by atoms with Crippen LogP contribution in [0.3, 0.4) is 0 Å². The van der Waals surface area contributed by atoms with E-state index in [2.05, 4.69) is 5.32 Å². The van der Waals surface area contributed by atoms with Gasteiger partial charge in [-0.15, -0.1) is 0 Å². The van der Waals surface area contributed by atoms with Crippen LogP contribution >= 0.6 is 0 Å². The van der Waals surface area contributed by atoms with Crippen molar-refractivity contribution >= 4 is 11.9 Å². The zero-order valence-corrected chi connectivity index (χ0v) is 10.1.